The molecule has 0 radical (unpaired) electrons. The fourth-order valence-corrected chi connectivity index (χ4v) is 5.33. The van der Waals surface area contributed by atoms with Gasteiger partial charge in [-0.15, -0.1) is 0 Å². The molecule has 0 fully saturated rings. The molecule has 0 aliphatic heterocycles. The lowest BCUT2D eigenvalue weighted by Gasteiger charge is -2.08. The molecule has 2 aromatic heterocycles. The number of nitrogens with zero attached hydrogens (tertiary/aromatic N) is 2. The Labute approximate surface area is 168 Å². The molecule has 1 unspecified atom stereocenters. The predicted octanol–water partition coefficient (Wildman–Crippen LogP) is 5.57. The zero-order chi connectivity index (χ0) is 19.4. The van der Waals surface area contributed by atoms with E-state index < -0.39 is 7.80 Å². The smallest absolute Gasteiger partial charge is 0.292 e. The van der Waals surface area contributed by atoms with E-state index in [1.165, 1.54) is 0 Å². The topological polar surface area (TPSA) is 34.4 Å². The van der Waals surface area contributed by atoms with Gasteiger partial charge in [-0.3, -0.25) is 4.40 Å². The van der Waals surface area contributed by atoms with Crippen LogP contribution in [0.4, 0.5) is 0 Å². The molecule has 3 nitrogen and oxygen atoms in total. The minimum Gasteiger partial charge on any atom is -0.292 e. The molecule has 1 atom stereocenters. The molecule has 0 bridgehead atoms. The summed E-state index contributed by atoms with van der Waals surface area (Å²) >= 11 is 0. The van der Waals surface area contributed by atoms with E-state index in [0.29, 0.717) is 0 Å². The van der Waals surface area contributed by atoms with Crippen molar-refractivity contribution in [1.82, 2.24) is 9.38 Å². The minimum atomic E-state index is -1.64. The predicted molar refractivity (Wildman–Crippen MR) is 121 cm³/mol. The van der Waals surface area contributed by atoms with E-state index in [2.05, 4.69) is 46.9 Å². The molecule has 0 N–H and O–H groups in total. The average molecular weight is 391 g/mol. The van der Waals surface area contributed by atoms with E-state index in [-0.39, 0.29) is 0 Å². The molecular formula is C25H16N2OP+. The van der Waals surface area contributed by atoms with Gasteiger partial charge < -0.3 is 0 Å². The number of para-hydroxylation sites is 3. The van der Waals surface area contributed by atoms with Crippen molar-refractivity contribution < 1.29 is 4.57 Å². The van der Waals surface area contributed by atoms with Crippen molar-refractivity contribution >= 4 is 56.8 Å². The molecular weight excluding hydrogens is 375 g/mol. The van der Waals surface area contributed by atoms with Crippen LogP contribution in [0.25, 0.3) is 38.4 Å². The van der Waals surface area contributed by atoms with Gasteiger partial charge in [0.25, 0.3) is 0 Å². The van der Waals surface area contributed by atoms with Crippen molar-refractivity contribution in [2.24, 2.45) is 0 Å². The lowest BCUT2D eigenvalue weighted by molar-refractivity contribution is 0.598. The van der Waals surface area contributed by atoms with Crippen LogP contribution in [0.5, 0.6) is 0 Å². The summed E-state index contributed by atoms with van der Waals surface area (Å²) in [6.07, 6.45) is 0. The van der Waals surface area contributed by atoms with Crippen LogP contribution in [0.1, 0.15) is 0 Å². The highest BCUT2D eigenvalue weighted by Gasteiger charge is 2.24. The molecule has 0 aliphatic carbocycles. The Morgan fingerprint density at radius 3 is 2.21 bits per heavy atom. The van der Waals surface area contributed by atoms with Gasteiger partial charge in [-0.2, -0.15) is 0 Å². The van der Waals surface area contributed by atoms with Crippen molar-refractivity contribution in [3.8, 4) is 0 Å². The second kappa shape index (κ2) is 6.23. The fourth-order valence-electron chi connectivity index (χ4n) is 4.14. The highest BCUT2D eigenvalue weighted by Crippen LogP contribution is 2.33. The Morgan fingerprint density at radius 2 is 1.34 bits per heavy atom. The summed E-state index contributed by atoms with van der Waals surface area (Å²) in [5.41, 5.74) is 4.11. The summed E-state index contributed by atoms with van der Waals surface area (Å²) in [6, 6.07) is 32.3. The minimum absolute atomic E-state index is 0.837. The van der Waals surface area contributed by atoms with Crippen LogP contribution >= 0.6 is 7.80 Å². The van der Waals surface area contributed by atoms with E-state index in [1.54, 1.807) is 0 Å². The van der Waals surface area contributed by atoms with E-state index in [1.807, 2.05) is 54.6 Å². The van der Waals surface area contributed by atoms with Gasteiger partial charge in [0, 0.05) is 16.8 Å². The third-order valence-electron chi connectivity index (χ3n) is 5.47. The molecule has 29 heavy (non-hydrogen) atoms. The van der Waals surface area contributed by atoms with Gasteiger partial charge in [0.15, 0.2) is 10.6 Å². The van der Waals surface area contributed by atoms with Gasteiger partial charge in [0.2, 0.25) is 0 Å². The van der Waals surface area contributed by atoms with Gasteiger partial charge in [0.05, 0.1) is 16.6 Å². The number of hydrogen-bond donors (Lipinski definition) is 0. The Morgan fingerprint density at radius 1 is 0.621 bits per heavy atom. The first-order chi connectivity index (χ1) is 14.3. The van der Waals surface area contributed by atoms with Crippen LogP contribution in [-0.4, -0.2) is 9.38 Å². The van der Waals surface area contributed by atoms with Crippen molar-refractivity contribution in [3.63, 3.8) is 0 Å². The Hall–Kier alpha value is -3.55. The Balaban J connectivity index is 1.73. The molecule has 4 aromatic carbocycles. The van der Waals surface area contributed by atoms with Crippen LogP contribution < -0.4 is 10.6 Å². The summed E-state index contributed by atoms with van der Waals surface area (Å²) in [5, 5.41) is 4.97. The average Bonchev–Trinajstić information content (AvgIpc) is 3.19. The molecule has 0 amide bonds. The van der Waals surface area contributed by atoms with E-state index in [4.69, 9.17) is 4.98 Å². The van der Waals surface area contributed by atoms with Crippen molar-refractivity contribution in [1.29, 1.82) is 0 Å². The third kappa shape index (κ3) is 2.41. The number of aromatic nitrogens is 2. The normalized spacial score (nSPS) is 12.2. The molecule has 0 saturated carbocycles. The zero-order valence-corrected chi connectivity index (χ0v) is 16.4. The van der Waals surface area contributed by atoms with Crippen LogP contribution in [-0.2, 0) is 4.57 Å². The van der Waals surface area contributed by atoms with Gasteiger partial charge in [-0.25, -0.2) is 4.98 Å². The van der Waals surface area contributed by atoms with Gasteiger partial charge in [0.1, 0.15) is 5.65 Å². The molecule has 2 heterocycles. The number of pyridine rings is 1. The number of rotatable bonds is 2. The molecule has 4 heteroatoms. The maximum Gasteiger partial charge on any atom is 0.415 e. The van der Waals surface area contributed by atoms with E-state index in [0.717, 1.165) is 49.0 Å². The third-order valence-corrected chi connectivity index (χ3v) is 6.98. The number of benzene rings is 4. The SMILES string of the molecule is O=[P+](c1ccccc1)c1ccc2c(c1)c1ccccc1n1c3ccccc3nc21. The van der Waals surface area contributed by atoms with Crippen LogP contribution in [0.15, 0.2) is 97.1 Å². The molecule has 6 aromatic rings. The van der Waals surface area contributed by atoms with Crippen LogP contribution in [0.3, 0.4) is 0 Å². The van der Waals surface area contributed by atoms with E-state index >= 15 is 0 Å². The molecule has 0 aliphatic rings. The molecule has 0 spiro atoms. The maximum atomic E-state index is 13.2. The summed E-state index contributed by atoms with van der Waals surface area (Å²) < 4.78 is 15.4. The number of imidazole rings is 1. The lowest BCUT2D eigenvalue weighted by Crippen LogP contribution is -2.06. The summed E-state index contributed by atoms with van der Waals surface area (Å²) in [4.78, 5) is 4.92. The summed E-state index contributed by atoms with van der Waals surface area (Å²) in [6.45, 7) is 0. The van der Waals surface area contributed by atoms with Crippen LogP contribution in [0.2, 0.25) is 0 Å². The van der Waals surface area contributed by atoms with Gasteiger partial charge >= 0.3 is 7.80 Å². The summed E-state index contributed by atoms with van der Waals surface area (Å²) in [5.74, 6) is 0. The lowest BCUT2D eigenvalue weighted by atomic mass is 10.1. The Bertz CT molecular complexity index is 1570. The van der Waals surface area contributed by atoms with Crippen molar-refractivity contribution in [2.45, 2.75) is 0 Å². The fraction of sp³-hybridized carbons (Fsp3) is 0. The standard InChI is InChI=1S/C25H16N2OP/c28-29(17-8-2-1-3-9-17)18-14-15-20-21(16-18)19-10-4-6-12-23(19)27-24-13-7-5-11-22(24)26-25(20)27/h1-16H/q+1. The first kappa shape index (κ1) is 16.4. The Kier molecular flexibility index (Phi) is 3.53. The van der Waals surface area contributed by atoms with Gasteiger partial charge in [-0.1, -0.05) is 53.1 Å². The maximum absolute atomic E-state index is 13.2. The van der Waals surface area contributed by atoms with Gasteiger partial charge in [-0.05, 0) is 47.9 Å². The van der Waals surface area contributed by atoms with Crippen molar-refractivity contribution in [2.75, 3.05) is 0 Å². The highest BCUT2D eigenvalue weighted by molar-refractivity contribution is 7.61. The second-order valence-corrected chi connectivity index (χ2v) is 8.76. The molecule has 136 valence electrons. The summed E-state index contributed by atoms with van der Waals surface area (Å²) in [7, 11) is -1.64. The van der Waals surface area contributed by atoms with E-state index in [9.17, 15) is 4.57 Å². The quantitative estimate of drug-likeness (QED) is 0.286. The first-order valence-corrected chi connectivity index (χ1v) is 10.8. The number of fused-ring (bicyclic) bond motifs is 8. The second-order valence-electron chi connectivity index (χ2n) is 7.14. The molecule has 6 rings (SSSR count). The van der Waals surface area contributed by atoms with Crippen molar-refractivity contribution in [3.05, 3.63) is 97.1 Å². The largest absolute Gasteiger partial charge is 0.415 e. The highest BCUT2D eigenvalue weighted by atomic mass is 31.1. The molecule has 0 saturated heterocycles. The zero-order valence-electron chi connectivity index (χ0n) is 15.5. The number of hydrogen-bond acceptors (Lipinski definition) is 2. The van der Waals surface area contributed by atoms with Crippen LogP contribution in [0, 0.1) is 0 Å². The monoisotopic (exact) mass is 391 g/mol. The first-order valence-electron chi connectivity index (χ1n) is 9.55.